The third kappa shape index (κ3) is 12.5. The first kappa shape index (κ1) is 73.4. The predicted octanol–water partition coefficient (Wildman–Crippen LogP) is 14.7. The summed E-state index contributed by atoms with van der Waals surface area (Å²) in [7, 11) is 0. The standard InChI is InChI=1S/C23HF47O7/c24-1(2(25,26)27)71-18(59,60)4(30,11(39,40)41)73-20(63,64)6(32,13(45,46)47)75-22(67,68)8(34,15(51,52)53)77-23(69,70)9(35,16(54,55)56)76-21(65,66)7(33,14(48,49)50)74-19(61,62)5(31,12(42,43)44)72-17(57,58)3(28,29)10(36,37)38/h1H. The Morgan fingerprint density at radius 2 is 0.325 bits per heavy atom. The Balaban J connectivity index is 8.40. The summed E-state index contributed by atoms with van der Waals surface area (Å²) in [6, 6.07) is 0. The molecule has 0 bridgehead atoms. The fraction of sp³-hybridized carbons (Fsp3) is 1.00. The third-order valence-corrected chi connectivity index (χ3v) is 7.28. The van der Waals surface area contributed by atoms with Crippen LogP contribution in [0.15, 0.2) is 0 Å². The molecular weight excluding hydrogens is 1280 g/mol. The van der Waals surface area contributed by atoms with E-state index in [0.29, 0.717) is 23.7 Å². The second-order valence-corrected chi connectivity index (χ2v) is 12.8. The monoisotopic (exact) mass is 1280 g/mol. The quantitative estimate of drug-likeness (QED) is 0.106. The van der Waals surface area contributed by atoms with E-state index >= 15 is 0 Å². The molecule has 77 heavy (non-hydrogen) atoms. The van der Waals surface area contributed by atoms with Crippen molar-refractivity contribution >= 4 is 0 Å². The van der Waals surface area contributed by atoms with Crippen LogP contribution in [0.4, 0.5) is 206 Å². The minimum Gasteiger partial charge on any atom is -0.272 e. The maximum absolute atomic E-state index is 14.8. The highest BCUT2D eigenvalue weighted by Gasteiger charge is 2.93. The molecule has 0 fully saturated rings. The van der Waals surface area contributed by atoms with Crippen molar-refractivity contribution in [3.05, 3.63) is 0 Å². The smallest absolute Gasteiger partial charge is 0.272 e. The highest BCUT2D eigenvalue weighted by molar-refractivity contribution is 5.02. The molecule has 0 saturated heterocycles. The predicted molar refractivity (Wildman–Crippen MR) is 124 cm³/mol. The maximum Gasteiger partial charge on any atom is 0.462 e. The van der Waals surface area contributed by atoms with Gasteiger partial charge in [0.25, 0.3) is 6.36 Å². The van der Waals surface area contributed by atoms with E-state index in [4.69, 9.17) is 0 Å². The molecule has 7 atom stereocenters. The zero-order valence-corrected chi connectivity index (χ0v) is 32.2. The molecule has 0 aliphatic carbocycles. The second-order valence-electron chi connectivity index (χ2n) is 12.8. The lowest BCUT2D eigenvalue weighted by atomic mass is 10.2. The van der Waals surface area contributed by atoms with Gasteiger partial charge in [0.15, 0.2) is 0 Å². The summed E-state index contributed by atoms with van der Waals surface area (Å²) >= 11 is 0. The number of rotatable bonds is 21. The summed E-state index contributed by atoms with van der Waals surface area (Å²) in [4.78, 5) is 0. The van der Waals surface area contributed by atoms with Gasteiger partial charge in [0.05, 0.1) is 0 Å². The van der Waals surface area contributed by atoms with Crippen molar-refractivity contribution in [3.63, 3.8) is 0 Å². The molecule has 0 spiro atoms. The van der Waals surface area contributed by atoms with Crippen molar-refractivity contribution in [3.8, 4) is 0 Å². The van der Waals surface area contributed by atoms with Crippen LogP contribution in [-0.4, -0.2) is 140 Å². The number of hydrogen-bond acceptors (Lipinski definition) is 7. The van der Waals surface area contributed by atoms with E-state index in [-0.39, 0.29) is 0 Å². The molecule has 0 aliphatic heterocycles. The zero-order valence-electron chi connectivity index (χ0n) is 32.2. The van der Waals surface area contributed by atoms with Gasteiger partial charge in [-0.15, -0.1) is 0 Å². The van der Waals surface area contributed by atoms with Crippen LogP contribution >= 0.6 is 0 Å². The molecule has 0 rings (SSSR count). The van der Waals surface area contributed by atoms with Gasteiger partial charge in [-0.1, -0.05) is 0 Å². The highest BCUT2D eigenvalue weighted by Crippen LogP contribution is 2.64. The summed E-state index contributed by atoms with van der Waals surface area (Å²) < 4.78 is 641. The lowest BCUT2D eigenvalue weighted by Gasteiger charge is -2.45. The average Bonchev–Trinajstić information content (AvgIpc) is 3.09. The van der Waals surface area contributed by atoms with Gasteiger partial charge in [0, 0.05) is 0 Å². The zero-order chi connectivity index (χ0) is 63.5. The fourth-order valence-electron chi connectivity index (χ4n) is 3.58. The first-order valence-corrected chi connectivity index (χ1v) is 15.6. The summed E-state index contributed by atoms with van der Waals surface area (Å²) in [6.07, 6.45) is -145. The van der Waals surface area contributed by atoms with Crippen molar-refractivity contribution in [1.82, 2.24) is 0 Å². The van der Waals surface area contributed by atoms with E-state index in [0.717, 1.165) is 4.74 Å². The largest absolute Gasteiger partial charge is 0.462 e. The molecular formula is C23HF47O7. The molecule has 0 saturated carbocycles. The number of halogens is 47. The van der Waals surface area contributed by atoms with Crippen LogP contribution in [-0.2, 0) is 33.2 Å². The maximum atomic E-state index is 14.8. The lowest BCUT2D eigenvalue weighted by molar-refractivity contribution is -0.607. The minimum atomic E-state index is -10.1. The van der Waals surface area contributed by atoms with Crippen molar-refractivity contribution < 1.29 is 240 Å². The van der Waals surface area contributed by atoms with Gasteiger partial charge in [-0.3, -0.25) is 33.2 Å². The van der Waals surface area contributed by atoms with Crippen LogP contribution in [0, 0.1) is 0 Å². The number of hydrogen-bond donors (Lipinski definition) is 0. The summed E-state index contributed by atoms with van der Waals surface area (Å²) in [5.41, 5.74) is 0. The molecule has 0 aromatic carbocycles. The van der Waals surface area contributed by atoms with Gasteiger partial charge in [0.1, 0.15) is 0 Å². The highest BCUT2D eigenvalue weighted by atomic mass is 19.5. The van der Waals surface area contributed by atoms with Crippen LogP contribution < -0.4 is 0 Å². The van der Waals surface area contributed by atoms with Gasteiger partial charge in [0.2, 0.25) is 0 Å². The summed E-state index contributed by atoms with van der Waals surface area (Å²) in [6.45, 7) is 0. The van der Waals surface area contributed by atoms with Crippen LogP contribution in [0.25, 0.3) is 0 Å². The first-order valence-electron chi connectivity index (χ1n) is 15.6. The average molecular weight is 1280 g/mol. The van der Waals surface area contributed by atoms with Crippen molar-refractivity contribution in [2.24, 2.45) is 0 Å². The van der Waals surface area contributed by atoms with Gasteiger partial charge < -0.3 is 0 Å². The van der Waals surface area contributed by atoms with E-state index in [9.17, 15) is 206 Å². The SMILES string of the molecule is FC(OC(F)(F)C(F)(OC(F)(F)C(F)(OC(F)(F)C(F)(OC(F)(F)C(F)(OC(F)(F)C(F)(OC(F)(F)C(F)(OC(F)(F)C(F)(F)C(F)(F)F)C(F)(F)F)C(F)(F)F)C(F)(F)F)C(F)(F)F)C(F)(F)F)C(F)(F)F)C(F)(F)F. The molecule has 0 aromatic rings. The minimum absolute atomic E-state index is 0.478. The molecule has 0 N–H and O–H groups in total. The number of alkyl halides is 47. The molecule has 0 aromatic heterocycles. The van der Waals surface area contributed by atoms with E-state index in [1.54, 1.807) is 0 Å². The summed E-state index contributed by atoms with van der Waals surface area (Å²) in [5, 5.41) is 0. The Labute approximate surface area is 380 Å². The van der Waals surface area contributed by atoms with Gasteiger partial charge in [-0.2, -0.15) is 202 Å². The molecule has 0 aliphatic rings. The lowest BCUT2D eigenvalue weighted by Crippen LogP contribution is -2.73. The topological polar surface area (TPSA) is 64.6 Å². The van der Waals surface area contributed by atoms with Crippen molar-refractivity contribution in [2.45, 2.75) is 140 Å². The van der Waals surface area contributed by atoms with E-state index in [2.05, 4.69) is 0 Å². The molecule has 0 amide bonds. The second kappa shape index (κ2) is 19.3. The van der Waals surface area contributed by atoms with Gasteiger partial charge in [-0.25, -0.2) is 4.39 Å². The fourth-order valence-corrected chi connectivity index (χ4v) is 3.58. The Hall–Kier alpha value is -3.57. The van der Waals surface area contributed by atoms with E-state index < -0.39 is 140 Å². The molecule has 0 heterocycles. The Bertz CT molecular complexity index is 2020. The first-order chi connectivity index (χ1) is 32.4. The summed E-state index contributed by atoms with van der Waals surface area (Å²) in [5.74, 6) is -67.1. The van der Waals surface area contributed by atoms with Crippen molar-refractivity contribution in [2.75, 3.05) is 0 Å². The van der Waals surface area contributed by atoms with Gasteiger partial charge >= 0.3 is 133 Å². The Morgan fingerprint density at radius 3 is 0.455 bits per heavy atom. The van der Waals surface area contributed by atoms with Crippen LogP contribution in [0.2, 0.25) is 0 Å². The molecule has 464 valence electrons. The van der Waals surface area contributed by atoms with E-state index in [1.807, 2.05) is 0 Å². The Morgan fingerprint density at radius 1 is 0.182 bits per heavy atom. The number of ether oxygens (including phenoxy) is 7. The molecule has 54 heteroatoms. The van der Waals surface area contributed by atoms with Crippen LogP contribution in [0.1, 0.15) is 0 Å². The van der Waals surface area contributed by atoms with E-state index in [1.165, 1.54) is 4.74 Å². The van der Waals surface area contributed by atoms with Gasteiger partial charge in [-0.05, 0) is 0 Å². The van der Waals surface area contributed by atoms with Crippen LogP contribution in [0.5, 0.6) is 0 Å². The third-order valence-electron chi connectivity index (χ3n) is 7.28. The van der Waals surface area contributed by atoms with Crippen LogP contribution in [0.3, 0.4) is 0 Å². The molecule has 7 nitrogen and oxygen atoms in total. The normalized spacial score (nSPS) is 21.1. The Kier molecular flexibility index (Phi) is 18.4. The molecule has 0 radical (unpaired) electrons. The van der Waals surface area contributed by atoms with Crippen molar-refractivity contribution in [1.29, 1.82) is 0 Å². The molecule has 7 unspecified atom stereocenters.